The van der Waals surface area contributed by atoms with Gasteiger partial charge in [0.1, 0.15) is 11.5 Å². The van der Waals surface area contributed by atoms with E-state index in [1.54, 1.807) is 19.4 Å². The summed E-state index contributed by atoms with van der Waals surface area (Å²) in [5, 5.41) is 10.5. The third kappa shape index (κ3) is 4.13. The van der Waals surface area contributed by atoms with Gasteiger partial charge in [-0.1, -0.05) is 41.4 Å². The maximum absolute atomic E-state index is 9.82. The summed E-state index contributed by atoms with van der Waals surface area (Å²) in [5.74, 6) is 0.837. The van der Waals surface area contributed by atoms with E-state index in [-0.39, 0.29) is 10.8 Å². The van der Waals surface area contributed by atoms with Crippen molar-refractivity contribution in [2.45, 2.75) is 6.42 Å². The maximum atomic E-state index is 9.82. The summed E-state index contributed by atoms with van der Waals surface area (Å²) in [6.45, 7) is 0.573. The highest BCUT2D eigenvalue weighted by Gasteiger charge is 2.06. The Bertz CT molecular complexity index is 657. The molecule has 0 aliphatic rings. The first-order chi connectivity index (χ1) is 10.1. The van der Waals surface area contributed by atoms with Crippen LogP contribution in [0.3, 0.4) is 0 Å². The van der Waals surface area contributed by atoms with E-state index in [1.165, 1.54) is 6.07 Å². The number of halogens is 2. The van der Waals surface area contributed by atoms with Crippen molar-refractivity contribution in [3.63, 3.8) is 0 Å². The molecule has 0 aromatic heterocycles. The fraction of sp³-hybridized carbons (Fsp3) is 0.188. The monoisotopic (exact) mass is 323 g/mol. The summed E-state index contributed by atoms with van der Waals surface area (Å²) in [4.78, 5) is 4.30. The normalized spacial score (nSPS) is 11.0. The third-order valence-electron chi connectivity index (χ3n) is 2.99. The van der Waals surface area contributed by atoms with Gasteiger partial charge in [-0.05, 0) is 30.2 Å². The second-order valence-electron chi connectivity index (χ2n) is 4.42. The Kier molecular flexibility index (Phi) is 5.48. The number of hydrogen-bond donors (Lipinski definition) is 1. The van der Waals surface area contributed by atoms with Crippen molar-refractivity contribution in [3.8, 4) is 11.5 Å². The zero-order valence-corrected chi connectivity index (χ0v) is 13.0. The molecule has 21 heavy (non-hydrogen) atoms. The van der Waals surface area contributed by atoms with Gasteiger partial charge < -0.3 is 9.84 Å². The lowest BCUT2D eigenvalue weighted by atomic mass is 10.1. The van der Waals surface area contributed by atoms with E-state index in [9.17, 15) is 5.11 Å². The van der Waals surface area contributed by atoms with Gasteiger partial charge in [-0.25, -0.2) is 0 Å². The molecule has 0 amide bonds. The van der Waals surface area contributed by atoms with E-state index in [0.717, 1.165) is 17.7 Å². The molecule has 1 N–H and O–H groups in total. The minimum atomic E-state index is -0.0119. The molecule has 110 valence electrons. The Morgan fingerprint density at radius 2 is 2.00 bits per heavy atom. The molecule has 0 fully saturated rings. The van der Waals surface area contributed by atoms with Crippen LogP contribution in [0.15, 0.2) is 41.4 Å². The maximum Gasteiger partial charge on any atom is 0.143 e. The number of ether oxygens (including phenoxy) is 1. The van der Waals surface area contributed by atoms with Gasteiger partial charge in [-0.3, -0.25) is 4.99 Å². The van der Waals surface area contributed by atoms with Gasteiger partial charge in [0.05, 0.1) is 12.1 Å². The number of benzene rings is 2. The number of methoxy groups -OCH3 is 1. The standard InChI is InChI=1S/C16H15Cl2NO2/c1-21-15-5-3-2-4-11(15)6-7-19-10-12-8-13(17)9-14(18)16(12)20/h2-5,8-10,20H,6-7H2,1H3. The topological polar surface area (TPSA) is 41.8 Å². The van der Waals surface area contributed by atoms with Crippen molar-refractivity contribution < 1.29 is 9.84 Å². The fourth-order valence-corrected chi connectivity index (χ4v) is 2.45. The number of aromatic hydroxyl groups is 1. The van der Waals surface area contributed by atoms with Gasteiger partial charge in [0.25, 0.3) is 0 Å². The highest BCUT2D eigenvalue weighted by Crippen LogP contribution is 2.30. The molecule has 0 spiro atoms. The van der Waals surface area contributed by atoms with Crippen LogP contribution in [0.1, 0.15) is 11.1 Å². The zero-order chi connectivity index (χ0) is 15.2. The van der Waals surface area contributed by atoms with Crippen LogP contribution in [-0.4, -0.2) is 25.0 Å². The largest absolute Gasteiger partial charge is 0.506 e. The van der Waals surface area contributed by atoms with Crippen LogP contribution in [0, 0.1) is 0 Å². The molecule has 0 unspecified atom stereocenters. The Morgan fingerprint density at radius 1 is 1.24 bits per heavy atom. The van der Waals surface area contributed by atoms with E-state index in [1.807, 2.05) is 24.3 Å². The van der Waals surface area contributed by atoms with Crippen LogP contribution in [-0.2, 0) is 6.42 Å². The van der Waals surface area contributed by atoms with Gasteiger partial charge in [-0.2, -0.15) is 0 Å². The molecule has 0 aliphatic heterocycles. The van der Waals surface area contributed by atoms with E-state index in [4.69, 9.17) is 27.9 Å². The second kappa shape index (κ2) is 7.34. The van der Waals surface area contributed by atoms with Crippen LogP contribution < -0.4 is 4.74 Å². The van der Waals surface area contributed by atoms with Crippen molar-refractivity contribution >= 4 is 29.4 Å². The Balaban J connectivity index is 2.03. The molecule has 2 aromatic rings. The van der Waals surface area contributed by atoms with Crippen LogP contribution in [0.5, 0.6) is 11.5 Å². The van der Waals surface area contributed by atoms with Gasteiger partial charge in [0, 0.05) is 23.3 Å². The van der Waals surface area contributed by atoms with Gasteiger partial charge >= 0.3 is 0 Å². The summed E-state index contributed by atoms with van der Waals surface area (Å²) in [6.07, 6.45) is 2.32. The van der Waals surface area contributed by atoms with Crippen molar-refractivity contribution in [1.82, 2.24) is 0 Å². The number of para-hydroxylation sites is 1. The molecule has 2 rings (SSSR count). The molecular weight excluding hydrogens is 309 g/mol. The lowest BCUT2D eigenvalue weighted by Crippen LogP contribution is -1.95. The Labute approximate surface area is 133 Å². The van der Waals surface area contributed by atoms with Crippen LogP contribution in [0.2, 0.25) is 10.0 Å². The smallest absolute Gasteiger partial charge is 0.143 e. The van der Waals surface area contributed by atoms with E-state index in [2.05, 4.69) is 4.99 Å². The second-order valence-corrected chi connectivity index (χ2v) is 5.27. The van der Waals surface area contributed by atoms with E-state index < -0.39 is 0 Å². The van der Waals surface area contributed by atoms with Crippen LogP contribution in [0.25, 0.3) is 0 Å². The molecule has 0 saturated carbocycles. The van der Waals surface area contributed by atoms with Crippen LogP contribution >= 0.6 is 23.2 Å². The van der Waals surface area contributed by atoms with Crippen molar-refractivity contribution in [2.24, 2.45) is 4.99 Å². The molecule has 0 atom stereocenters. The molecule has 0 bridgehead atoms. The first kappa shape index (κ1) is 15.7. The predicted octanol–water partition coefficient (Wildman–Crippen LogP) is 4.37. The van der Waals surface area contributed by atoms with Crippen molar-refractivity contribution in [3.05, 3.63) is 57.6 Å². The first-order valence-electron chi connectivity index (χ1n) is 6.41. The summed E-state index contributed by atoms with van der Waals surface area (Å²) < 4.78 is 5.28. The number of phenols is 1. The number of phenolic OH excluding ortho intramolecular Hbond substituents is 1. The highest BCUT2D eigenvalue weighted by molar-refractivity contribution is 6.36. The molecule has 3 nitrogen and oxygen atoms in total. The lowest BCUT2D eigenvalue weighted by Gasteiger charge is -2.06. The summed E-state index contributed by atoms with van der Waals surface area (Å²) in [5.41, 5.74) is 1.60. The molecule has 5 heteroatoms. The average molecular weight is 324 g/mol. The predicted molar refractivity (Wildman–Crippen MR) is 87.3 cm³/mol. The quantitative estimate of drug-likeness (QED) is 0.830. The van der Waals surface area contributed by atoms with Crippen molar-refractivity contribution in [1.29, 1.82) is 0 Å². The van der Waals surface area contributed by atoms with Gasteiger partial charge in [0.15, 0.2) is 0 Å². The van der Waals surface area contributed by atoms with Crippen molar-refractivity contribution in [2.75, 3.05) is 13.7 Å². The third-order valence-corrected chi connectivity index (χ3v) is 3.50. The Morgan fingerprint density at radius 3 is 2.76 bits per heavy atom. The summed E-state index contributed by atoms with van der Waals surface area (Å²) in [7, 11) is 1.65. The van der Waals surface area contributed by atoms with E-state index >= 15 is 0 Å². The molecule has 0 aliphatic carbocycles. The first-order valence-corrected chi connectivity index (χ1v) is 7.17. The van der Waals surface area contributed by atoms with Crippen LogP contribution in [0.4, 0.5) is 0 Å². The number of nitrogens with zero attached hydrogens (tertiary/aromatic N) is 1. The summed E-state index contributed by atoms with van der Waals surface area (Å²) >= 11 is 11.8. The number of rotatable bonds is 5. The van der Waals surface area contributed by atoms with E-state index in [0.29, 0.717) is 17.1 Å². The molecule has 0 saturated heterocycles. The fourth-order valence-electron chi connectivity index (χ4n) is 1.94. The average Bonchev–Trinajstić information content (AvgIpc) is 2.48. The van der Waals surface area contributed by atoms with Gasteiger partial charge in [-0.15, -0.1) is 0 Å². The number of aliphatic imine (C=N–C) groups is 1. The molecule has 2 aromatic carbocycles. The minimum absolute atomic E-state index is 0.0119. The van der Waals surface area contributed by atoms with Gasteiger partial charge in [0.2, 0.25) is 0 Å². The zero-order valence-electron chi connectivity index (χ0n) is 11.5. The molecule has 0 radical (unpaired) electrons. The highest BCUT2D eigenvalue weighted by atomic mass is 35.5. The number of hydrogen-bond acceptors (Lipinski definition) is 3. The molecular formula is C16H15Cl2NO2. The summed E-state index contributed by atoms with van der Waals surface area (Å²) in [6, 6.07) is 10.9. The lowest BCUT2D eigenvalue weighted by molar-refractivity contribution is 0.410. The SMILES string of the molecule is COc1ccccc1CCN=Cc1cc(Cl)cc(Cl)c1O. The molecule has 0 heterocycles. The minimum Gasteiger partial charge on any atom is -0.506 e. The Hall–Kier alpha value is -1.71.